The van der Waals surface area contributed by atoms with E-state index < -0.39 is 0 Å². The molecule has 1 amide bonds. The second-order valence-electron chi connectivity index (χ2n) is 5.04. The minimum Gasteiger partial charge on any atom is -0.373 e. The Kier molecular flexibility index (Phi) is 6.21. The molecule has 1 heterocycles. The number of hydrogen-bond donors (Lipinski definition) is 3. The second-order valence-corrected chi connectivity index (χ2v) is 5.04. The van der Waals surface area contributed by atoms with Gasteiger partial charge in [-0.05, 0) is 27.2 Å². The summed E-state index contributed by atoms with van der Waals surface area (Å²) in [6.45, 7) is 8.11. The van der Waals surface area contributed by atoms with Crippen molar-refractivity contribution >= 4 is 17.5 Å². The maximum absolute atomic E-state index is 11.7. The monoisotopic (exact) mass is 279 g/mol. The third-order valence-corrected chi connectivity index (χ3v) is 2.77. The molecule has 1 rings (SSSR count). The van der Waals surface area contributed by atoms with E-state index in [1.165, 1.54) is 0 Å². The van der Waals surface area contributed by atoms with Crippen molar-refractivity contribution in [1.29, 1.82) is 0 Å². The number of aryl methyl sites for hydroxylation is 1. The number of aromatic nitrogens is 2. The van der Waals surface area contributed by atoms with Gasteiger partial charge in [0, 0.05) is 25.1 Å². The minimum absolute atomic E-state index is 0.0407. The van der Waals surface area contributed by atoms with Crippen LogP contribution in [0, 0.1) is 6.92 Å². The van der Waals surface area contributed by atoms with Crippen LogP contribution in [0.1, 0.15) is 38.6 Å². The highest BCUT2D eigenvalue weighted by Crippen LogP contribution is 2.19. The van der Waals surface area contributed by atoms with E-state index in [1.54, 1.807) is 0 Å². The van der Waals surface area contributed by atoms with Gasteiger partial charge in [-0.3, -0.25) is 4.79 Å². The van der Waals surface area contributed by atoms with Gasteiger partial charge in [0.05, 0.1) is 6.54 Å². The highest BCUT2D eigenvalue weighted by Gasteiger charge is 2.11. The fraction of sp³-hybridized carbons (Fsp3) is 0.643. The van der Waals surface area contributed by atoms with Crippen molar-refractivity contribution in [2.75, 3.05) is 24.2 Å². The van der Waals surface area contributed by atoms with Gasteiger partial charge < -0.3 is 16.0 Å². The molecule has 0 aliphatic rings. The first-order valence-electron chi connectivity index (χ1n) is 7.06. The first-order valence-corrected chi connectivity index (χ1v) is 7.06. The van der Waals surface area contributed by atoms with E-state index >= 15 is 0 Å². The van der Waals surface area contributed by atoms with Gasteiger partial charge in [-0.25, -0.2) is 9.97 Å². The van der Waals surface area contributed by atoms with Gasteiger partial charge in [-0.2, -0.15) is 0 Å². The first-order chi connectivity index (χ1) is 9.47. The van der Waals surface area contributed by atoms with Crippen LogP contribution in [0.4, 0.5) is 11.6 Å². The fourth-order valence-corrected chi connectivity index (χ4v) is 1.85. The zero-order valence-electron chi connectivity index (χ0n) is 13.0. The van der Waals surface area contributed by atoms with Gasteiger partial charge in [0.1, 0.15) is 17.5 Å². The summed E-state index contributed by atoms with van der Waals surface area (Å²) in [5.74, 6) is 2.26. The van der Waals surface area contributed by atoms with Crippen LogP contribution in [0.3, 0.4) is 0 Å². The van der Waals surface area contributed by atoms with Gasteiger partial charge in [0.2, 0.25) is 5.91 Å². The maximum atomic E-state index is 11.7. The molecule has 0 saturated heterocycles. The van der Waals surface area contributed by atoms with Gasteiger partial charge in [0.25, 0.3) is 0 Å². The Balaban J connectivity index is 2.82. The number of hydrogen-bond acceptors (Lipinski definition) is 5. The quantitative estimate of drug-likeness (QED) is 0.708. The van der Waals surface area contributed by atoms with Crippen molar-refractivity contribution in [3.8, 4) is 0 Å². The smallest absolute Gasteiger partial charge is 0.239 e. The summed E-state index contributed by atoms with van der Waals surface area (Å²) in [5, 5.41) is 8.99. The summed E-state index contributed by atoms with van der Waals surface area (Å²) < 4.78 is 0. The third kappa shape index (κ3) is 4.68. The summed E-state index contributed by atoms with van der Waals surface area (Å²) in [6, 6.07) is 0.138. The van der Waals surface area contributed by atoms with Crippen molar-refractivity contribution in [2.24, 2.45) is 0 Å². The Hall–Kier alpha value is -1.85. The van der Waals surface area contributed by atoms with Crippen LogP contribution in [0.2, 0.25) is 0 Å². The van der Waals surface area contributed by atoms with Crippen molar-refractivity contribution in [3.05, 3.63) is 11.4 Å². The lowest BCUT2D eigenvalue weighted by Gasteiger charge is -2.14. The van der Waals surface area contributed by atoms with Crippen LogP contribution in [-0.2, 0) is 11.2 Å². The Morgan fingerprint density at radius 3 is 2.45 bits per heavy atom. The molecule has 0 saturated carbocycles. The second kappa shape index (κ2) is 7.67. The molecule has 6 nitrogen and oxygen atoms in total. The molecule has 112 valence electrons. The summed E-state index contributed by atoms with van der Waals surface area (Å²) in [6.07, 6.45) is 1.81. The molecule has 6 heteroatoms. The summed E-state index contributed by atoms with van der Waals surface area (Å²) in [4.78, 5) is 20.6. The molecule has 0 unspecified atom stereocenters. The van der Waals surface area contributed by atoms with Crippen LogP contribution in [0.25, 0.3) is 0 Å². The zero-order chi connectivity index (χ0) is 15.1. The van der Waals surface area contributed by atoms with E-state index in [0.29, 0.717) is 5.82 Å². The fourth-order valence-electron chi connectivity index (χ4n) is 1.85. The standard InChI is InChI=1S/C14H25N5O/c1-6-7-11-18-13(15-5)10(4)14(19-11)16-8-12(20)17-9(2)3/h9H,6-8H2,1-5H3,(H,17,20)(H2,15,16,18,19). The lowest BCUT2D eigenvalue weighted by atomic mass is 10.2. The molecule has 0 radical (unpaired) electrons. The summed E-state index contributed by atoms with van der Waals surface area (Å²) >= 11 is 0. The highest BCUT2D eigenvalue weighted by molar-refractivity contribution is 5.81. The number of carbonyl (C=O) groups excluding carboxylic acids is 1. The number of anilines is 2. The summed E-state index contributed by atoms with van der Waals surface area (Å²) in [5.41, 5.74) is 0.921. The largest absolute Gasteiger partial charge is 0.373 e. The highest BCUT2D eigenvalue weighted by atomic mass is 16.1. The lowest BCUT2D eigenvalue weighted by molar-refractivity contribution is -0.119. The Bertz CT molecular complexity index is 459. The van der Waals surface area contributed by atoms with Gasteiger partial charge in [0.15, 0.2) is 0 Å². The molecule has 1 aromatic rings. The van der Waals surface area contributed by atoms with Gasteiger partial charge in [-0.1, -0.05) is 6.92 Å². The average molecular weight is 279 g/mol. The number of amides is 1. The van der Waals surface area contributed by atoms with Crippen LogP contribution in [0.15, 0.2) is 0 Å². The van der Waals surface area contributed by atoms with E-state index in [-0.39, 0.29) is 18.5 Å². The van der Waals surface area contributed by atoms with E-state index in [9.17, 15) is 4.79 Å². The van der Waals surface area contributed by atoms with E-state index in [1.807, 2.05) is 27.8 Å². The molecule has 0 aromatic carbocycles. The van der Waals surface area contributed by atoms with Crippen molar-refractivity contribution in [1.82, 2.24) is 15.3 Å². The molecular formula is C14H25N5O. The minimum atomic E-state index is -0.0407. The number of nitrogens with zero attached hydrogens (tertiary/aromatic N) is 2. The SMILES string of the molecule is CCCc1nc(NC)c(C)c(NCC(=O)NC(C)C)n1. The lowest BCUT2D eigenvalue weighted by Crippen LogP contribution is -2.35. The molecular weight excluding hydrogens is 254 g/mol. The van der Waals surface area contributed by atoms with Crippen LogP contribution >= 0.6 is 0 Å². The van der Waals surface area contributed by atoms with Crippen molar-refractivity contribution in [2.45, 2.75) is 46.6 Å². The third-order valence-electron chi connectivity index (χ3n) is 2.77. The van der Waals surface area contributed by atoms with Crippen LogP contribution in [0.5, 0.6) is 0 Å². The number of carbonyl (C=O) groups is 1. The number of nitrogens with one attached hydrogen (secondary N) is 3. The van der Waals surface area contributed by atoms with Crippen LogP contribution in [-0.4, -0.2) is 35.5 Å². The zero-order valence-corrected chi connectivity index (χ0v) is 13.0. The molecule has 20 heavy (non-hydrogen) atoms. The predicted molar refractivity (Wildman–Crippen MR) is 82.1 cm³/mol. The van der Waals surface area contributed by atoms with Gasteiger partial charge in [-0.15, -0.1) is 0 Å². The Morgan fingerprint density at radius 1 is 1.25 bits per heavy atom. The molecule has 0 aliphatic heterocycles. The molecule has 0 atom stereocenters. The maximum Gasteiger partial charge on any atom is 0.239 e. The van der Waals surface area contributed by atoms with Crippen LogP contribution < -0.4 is 16.0 Å². The normalized spacial score (nSPS) is 10.5. The Labute approximate surface area is 120 Å². The molecule has 3 N–H and O–H groups in total. The van der Waals surface area contributed by atoms with E-state index in [4.69, 9.17) is 0 Å². The predicted octanol–water partition coefficient (Wildman–Crippen LogP) is 1.72. The Morgan fingerprint density at radius 2 is 1.90 bits per heavy atom. The average Bonchev–Trinajstić information content (AvgIpc) is 2.38. The van der Waals surface area contributed by atoms with E-state index in [2.05, 4.69) is 32.8 Å². The molecule has 0 spiro atoms. The summed E-state index contributed by atoms with van der Waals surface area (Å²) in [7, 11) is 1.83. The van der Waals surface area contributed by atoms with Crippen molar-refractivity contribution < 1.29 is 4.79 Å². The topological polar surface area (TPSA) is 78.9 Å². The first kappa shape index (κ1) is 16.2. The molecule has 0 bridgehead atoms. The molecule has 0 fully saturated rings. The van der Waals surface area contributed by atoms with Crippen molar-refractivity contribution in [3.63, 3.8) is 0 Å². The van der Waals surface area contributed by atoms with Gasteiger partial charge >= 0.3 is 0 Å². The molecule has 0 aliphatic carbocycles. The van der Waals surface area contributed by atoms with E-state index in [0.717, 1.165) is 30.0 Å². The number of rotatable bonds is 7. The molecule has 1 aromatic heterocycles.